The summed E-state index contributed by atoms with van der Waals surface area (Å²) in [6.07, 6.45) is 3.46. The molecule has 0 saturated carbocycles. The fraction of sp³-hybridized carbons (Fsp3) is 0.182. The Kier molecular flexibility index (Phi) is 1.13. The van der Waals surface area contributed by atoms with Gasteiger partial charge in [-0.25, -0.2) is 0 Å². The van der Waals surface area contributed by atoms with E-state index in [0.29, 0.717) is 6.61 Å². The van der Waals surface area contributed by atoms with Crippen LogP contribution in [0.4, 0.5) is 0 Å². The van der Waals surface area contributed by atoms with Crippen LogP contribution < -0.4 is 0 Å². The average molecular weight is 172 g/mol. The van der Waals surface area contributed by atoms with Crippen molar-refractivity contribution in [2.75, 3.05) is 6.61 Å². The summed E-state index contributed by atoms with van der Waals surface area (Å²) in [5.41, 5.74) is 1.51. The molecular weight excluding hydrogens is 164 g/mol. The Morgan fingerprint density at radius 2 is 2.00 bits per heavy atom. The molecule has 1 fully saturated rings. The molecule has 0 unspecified atom stereocenters. The van der Waals surface area contributed by atoms with Crippen LogP contribution in [0.1, 0.15) is 11.1 Å². The van der Waals surface area contributed by atoms with E-state index in [2.05, 4.69) is 0 Å². The summed E-state index contributed by atoms with van der Waals surface area (Å²) >= 11 is 0. The molecule has 1 saturated heterocycles. The average Bonchev–Trinajstić information content (AvgIpc) is 2.94. The van der Waals surface area contributed by atoms with E-state index in [9.17, 15) is 4.79 Å². The minimum Gasteiger partial charge on any atom is -0.356 e. The van der Waals surface area contributed by atoms with Crippen LogP contribution in [0.5, 0.6) is 0 Å². The topological polar surface area (TPSA) is 29.6 Å². The van der Waals surface area contributed by atoms with Gasteiger partial charge in [0.25, 0.3) is 0 Å². The molecule has 0 aromatic heterocycles. The number of fused-ring (bicyclic) bond motifs is 2. The molecule has 2 heteroatoms. The van der Waals surface area contributed by atoms with Gasteiger partial charge in [0.2, 0.25) is 0 Å². The van der Waals surface area contributed by atoms with Crippen molar-refractivity contribution in [3.8, 4) is 0 Å². The Labute approximate surface area is 75.8 Å². The van der Waals surface area contributed by atoms with Crippen molar-refractivity contribution < 1.29 is 9.53 Å². The lowest BCUT2D eigenvalue weighted by molar-refractivity contribution is -0.119. The maximum absolute atomic E-state index is 11.5. The second kappa shape index (κ2) is 2.09. The Morgan fingerprint density at radius 3 is 2.77 bits per heavy atom. The Bertz CT molecular complexity index is 414. The molecule has 1 aliphatic carbocycles. The van der Waals surface area contributed by atoms with Gasteiger partial charge in [-0.1, -0.05) is 30.3 Å². The highest BCUT2D eigenvalue weighted by atomic mass is 16.6. The highest BCUT2D eigenvalue weighted by Crippen LogP contribution is 2.44. The van der Waals surface area contributed by atoms with Crippen LogP contribution >= 0.6 is 0 Å². The number of benzene rings is 1. The van der Waals surface area contributed by atoms with E-state index in [4.69, 9.17) is 4.74 Å². The Hall–Kier alpha value is -1.41. The fourth-order valence-electron chi connectivity index (χ4n) is 1.81. The summed E-state index contributed by atoms with van der Waals surface area (Å²) in [6.45, 7) is 0.535. The van der Waals surface area contributed by atoms with Gasteiger partial charge in [0.1, 0.15) is 0 Å². The molecule has 2 nitrogen and oxygen atoms in total. The highest BCUT2D eigenvalue weighted by molar-refractivity contribution is 6.05. The van der Waals surface area contributed by atoms with E-state index in [0.717, 1.165) is 11.1 Å². The van der Waals surface area contributed by atoms with Crippen molar-refractivity contribution in [2.45, 2.75) is 5.60 Å². The van der Waals surface area contributed by atoms with Gasteiger partial charge < -0.3 is 4.74 Å². The zero-order valence-electron chi connectivity index (χ0n) is 6.99. The van der Waals surface area contributed by atoms with Gasteiger partial charge in [0.15, 0.2) is 11.4 Å². The summed E-state index contributed by atoms with van der Waals surface area (Å²) in [5.74, 6) is 0.0752. The second-order valence-corrected chi connectivity index (χ2v) is 3.40. The largest absolute Gasteiger partial charge is 0.356 e. The molecule has 1 aromatic rings. The van der Waals surface area contributed by atoms with Crippen molar-refractivity contribution in [3.63, 3.8) is 0 Å². The quantitative estimate of drug-likeness (QED) is 0.555. The summed E-state index contributed by atoms with van der Waals surface area (Å²) in [4.78, 5) is 11.5. The number of ether oxygens (including phenoxy) is 1. The summed E-state index contributed by atoms with van der Waals surface area (Å²) in [5, 5.41) is 0. The smallest absolute Gasteiger partial charge is 0.194 e. The lowest BCUT2D eigenvalue weighted by Gasteiger charge is -2.15. The van der Waals surface area contributed by atoms with E-state index in [1.807, 2.05) is 30.3 Å². The number of ketones is 1. The molecule has 64 valence electrons. The minimum atomic E-state index is -0.606. The van der Waals surface area contributed by atoms with Crippen molar-refractivity contribution in [3.05, 3.63) is 41.5 Å². The molecule has 0 bridgehead atoms. The maximum atomic E-state index is 11.5. The summed E-state index contributed by atoms with van der Waals surface area (Å²) < 4.78 is 5.27. The first-order valence-corrected chi connectivity index (χ1v) is 4.29. The number of carbonyl (C=O) groups excluding carboxylic acids is 1. The van der Waals surface area contributed by atoms with Gasteiger partial charge in [0, 0.05) is 5.56 Å². The van der Waals surface area contributed by atoms with Gasteiger partial charge in [-0.2, -0.15) is 0 Å². The van der Waals surface area contributed by atoms with Gasteiger partial charge in [-0.3, -0.25) is 4.79 Å². The molecule has 0 amide bonds. The third-order valence-electron chi connectivity index (χ3n) is 2.64. The predicted octanol–water partition coefficient (Wildman–Crippen LogP) is 1.51. The van der Waals surface area contributed by atoms with Crippen LogP contribution in [0, 0.1) is 0 Å². The molecule has 1 atom stereocenters. The van der Waals surface area contributed by atoms with E-state index in [1.54, 1.807) is 6.08 Å². The molecule has 13 heavy (non-hydrogen) atoms. The second-order valence-electron chi connectivity index (χ2n) is 3.40. The molecule has 1 aromatic carbocycles. The molecule has 3 rings (SSSR count). The standard InChI is InChI=1S/C11H8O2/c12-10-6-5-8-3-1-2-4-9(8)11(10)7-13-11/h1-6H,7H2/t11-/m1/s1. The minimum absolute atomic E-state index is 0.0752. The van der Waals surface area contributed by atoms with E-state index >= 15 is 0 Å². The summed E-state index contributed by atoms with van der Waals surface area (Å²) in [7, 11) is 0. The van der Waals surface area contributed by atoms with Gasteiger partial charge >= 0.3 is 0 Å². The van der Waals surface area contributed by atoms with Gasteiger partial charge in [-0.15, -0.1) is 0 Å². The third-order valence-corrected chi connectivity index (χ3v) is 2.64. The molecule has 1 aliphatic heterocycles. The molecule has 0 N–H and O–H groups in total. The highest BCUT2D eigenvalue weighted by Gasteiger charge is 2.54. The molecule has 1 spiro atoms. The van der Waals surface area contributed by atoms with E-state index in [1.165, 1.54) is 0 Å². The number of hydrogen-bond acceptors (Lipinski definition) is 2. The van der Waals surface area contributed by atoms with E-state index in [-0.39, 0.29) is 5.78 Å². The van der Waals surface area contributed by atoms with Crippen molar-refractivity contribution in [2.24, 2.45) is 0 Å². The van der Waals surface area contributed by atoms with Crippen molar-refractivity contribution in [1.29, 1.82) is 0 Å². The molecule has 1 heterocycles. The monoisotopic (exact) mass is 172 g/mol. The first-order valence-electron chi connectivity index (χ1n) is 4.29. The van der Waals surface area contributed by atoms with Gasteiger partial charge in [-0.05, 0) is 11.6 Å². The lowest BCUT2D eigenvalue weighted by Crippen LogP contribution is -2.23. The van der Waals surface area contributed by atoms with Crippen LogP contribution in [0.2, 0.25) is 0 Å². The zero-order valence-corrected chi connectivity index (χ0v) is 6.99. The normalized spacial score (nSPS) is 29.1. The third kappa shape index (κ3) is 0.783. The molecule has 0 radical (unpaired) electrons. The SMILES string of the molecule is O=C1C=Cc2ccccc2[C@]12CO2. The Morgan fingerprint density at radius 1 is 1.23 bits per heavy atom. The summed E-state index contributed by atoms with van der Waals surface area (Å²) in [6, 6.07) is 7.87. The van der Waals surface area contributed by atoms with Crippen LogP contribution in [-0.4, -0.2) is 12.4 Å². The van der Waals surface area contributed by atoms with Crippen molar-refractivity contribution >= 4 is 11.9 Å². The van der Waals surface area contributed by atoms with Crippen LogP contribution in [-0.2, 0) is 15.1 Å². The fourth-order valence-corrected chi connectivity index (χ4v) is 1.81. The first kappa shape index (κ1) is 7.04. The number of carbonyl (C=O) groups is 1. The van der Waals surface area contributed by atoms with Crippen LogP contribution in [0.15, 0.2) is 30.3 Å². The Balaban J connectivity index is 2.28. The van der Waals surface area contributed by atoms with Gasteiger partial charge in [0.05, 0.1) is 6.61 Å². The van der Waals surface area contributed by atoms with Crippen molar-refractivity contribution in [1.82, 2.24) is 0 Å². The van der Waals surface area contributed by atoms with Crippen LogP contribution in [0.3, 0.4) is 0 Å². The zero-order chi connectivity index (χ0) is 8.89. The number of epoxide rings is 1. The van der Waals surface area contributed by atoms with E-state index < -0.39 is 5.60 Å². The first-order chi connectivity index (χ1) is 6.33. The molecule has 2 aliphatic rings. The molecular formula is C11H8O2. The number of hydrogen-bond donors (Lipinski definition) is 0. The lowest BCUT2D eigenvalue weighted by atomic mass is 9.86. The predicted molar refractivity (Wildman–Crippen MR) is 48.1 cm³/mol. The maximum Gasteiger partial charge on any atom is 0.194 e. The number of rotatable bonds is 0. The van der Waals surface area contributed by atoms with Crippen LogP contribution in [0.25, 0.3) is 6.08 Å².